The molecule has 1 aromatic heterocycles. The first-order chi connectivity index (χ1) is 36.5. The Morgan fingerprint density at radius 1 is 1.00 bits per heavy atom. The van der Waals surface area contributed by atoms with Gasteiger partial charge in [-0.15, -0.1) is 0 Å². The minimum absolute atomic E-state index is 0.00896. The standard InChI is InChI=1S/C59H88N6O12/c1-11-42-31-39(8)59(63-54(42)71)38(7)30-37(6)50(77-59)33-48(68)35(4)20-14-12-15-21-36(5)49-25-17-13-16-24-47(67)41(10)53(70)44(28-27-40(9)66)55(72)62-52(34(2)3)56(73)61-46(32-43-22-18-26-51(69)60-43)57(74)65-29-19-23-45(64-65)58(75)76-49/h12-13,15-18,22,24,26,30,35-37,39,41-42,44-50,52-53,64,67-68,70H,2,11,14,19-21,23,25,27-29,31-33H2,1,3-10H3,(H,60,69)(H,61,73)(H,62,72)(H,63,71). The molecule has 4 amide bonds. The number of carbonyl (C=O) groups excluding carboxylic acids is 6. The van der Waals surface area contributed by atoms with Crippen LogP contribution >= 0.6 is 0 Å². The maximum absolute atomic E-state index is 14.5. The number of Topliss-reactive ketones (excluding diaryl/α,β-unsaturated/α-hetero) is 1. The molecular weight excluding hydrogens is 985 g/mol. The lowest BCUT2D eigenvalue weighted by Crippen LogP contribution is -2.64. The number of nitrogens with zero attached hydrogens (tertiary/aromatic N) is 1. The van der Waals surface area contributed by atoms with E-state index in [0.29, 0.717) is 44.2 Å². The third-order valence-corrected chi connectivity index (χ3v) is 16.2. The van der Waals surface area contributed by atoms with Gasteiger partial charge >= 0.3 is 5.97 Å². The highest BCUT2D eigenvalue weighted by atomic mass is 16.5. The van der Waals surface area contributed by atoms with Gasteiger partial charge in [0.25, 0.3) is 5.91 Å². The molecule has 0 aliphatic carbocycles. The molecule has 0 saturated carbocycles. The van der Waals surface area contributed by atoms with Crippen molar-refractivity contribution < 1.29 is 53.6 Å². The summed E-state index contributed by atoms with van der Waals surface area (Å²) in [6.07, 6.45) is 13.3. The lowest BCUT2D eigenvalue weighted by molar-refractivity contribution is -0.179. The van der Waals surface area contributed by atoms with Gasteiger partial charge in [-0.05, 0) is 101 Å². The Hall–Kier alpha value is -5.53. The lowest BCUT2D eigenvalue weighted by atomic mass is 9.75. The number of hydrogen-bond acceptors (Lipinski definition) is 13. The van der Waals surface area contributed by atoms with E-state index in [2.05, 4.69) is 58.9 Å². The second-order valence-corrected chi connectivity index (χ2v) is 22.5. The highest BCUT2D eigenvalue weighted by Crippen LogP contribution is 2.43. The number of nitrogens with one attached hydrogen (secondary N) is 5. The Morgan fingerprint density at radius 3 is 2.43 bits per heavy atom. The molecule has 426 valence electrons. The lowest BCUT2D eigenvalue weighted by Gasteiger charge is -2.51. The first-order valence-electron chi connectivity index (χ1n) is 27.9. The maximum atomic E-state index is 14.5. The number of allylic oxidation sites excluding steroid dienone is 4. The summed E-state index contributed by atoms with van der Waals surface area (Å²) in [6.45, 7) is 20.8. The molecule has 16 unspecified atom stereocenters. The van der Waals surface area contributed by atoms with Gasteiger partial charge in [0.15, 0.2) is 5.72 Å². The zero-order valence-electron chi connectivity index (χ0n) is 46.8. The first-order valence-corrected chi connectivity index (χ1v) is 27.9. The topological polar surface area (TPSA) is 266 Å². The van der Waals surface area contributed by atoms with E-state index < -0.39 is 89.4 Å². The zero-order chi connectivity index (χ0) is 56.7. The summed E-state index contributed by atoms with van der Waals surface area (Å²) in [4.78, 5) is 96.9. The van der Waals surface area contributed by atoms with Gasteiger partial charge in [-0.3, -0.25) is 33.8 Å². The summed E-state index contributed by atoms with van der Waals surface area (Å²) in [6, 6.07) is 0.774. The fraction of sp³-hybridized carbons (Fsp3) is 0.644. The van der Waals surface area contributed by atoms with Crippen molar-refractivity contribution >= 4 is 35.4 Å². The van der Waals surface area contributed by atoms with Crippen LogP contribution in [0.2, 0.25) is 0 Å². The molecule has 1 spiro atoms. The van der Waals surface area contributed by atoms with E-state index in [9.17, 15) is 48.9 Å². The van der Waals surface area contributed by atoms with Crippen LogP contribution in [0.15, 0.2) is 83.3 Å². The predicted molar refractivity (Wildman–Crippen MR) is 293 cm³/mol. The number of esters is 1. The number of carbonyl (C=O) groups is 6. The highest BCUT2D eigenvalue weighted by Gasteiger charge is 2.51. The molecule has 16 atom stereocenters. The first kappa shape index (κ1) is 62.3. The van der Waals surface area contributed by atoms with Crippen molar-refractivity contribution in [2.75, 3.05) is 6.54 Å². The summed E-state index contributed by atoms with van der Waals surface area (Å²) in [5, 5.41) is 44.1. The summed E-state index contributed by atoms with van der Waals surface area (Å²) in [5.41, 5.74) is 3.27. The number of aliphatic hydroxyl groups excluding tert-OH is 3. The molecule has 4 aliphatic heterocycles. The molecule has 18 nitrogen and oxygen atoms in total. The molecule has 18 heteroatoms. The molecule has 0 aromatic carbocycles. The molecule has 2 fully saturated rings. The van der Waals surface area contributed by atoms with Crippen LogP contribution in [-0.4, -0.2) is 122 Å². The van der Waals surface area contributed by atoms with Crippen LogP contribution in [0.3, 0.4) is 0 Å². The molecule has 5 heterocycles. The number of aromatic amines is 1. The van der Waals surface area contributed by atoms with E-state index in [0.717, 1.165) is 18.4 Å². The zero-order valence-corrected chi connectivity index (χ0v) is 46.8. The third kappa shape index (κ3) is 17.0. The highest BCUT2D eigenvalue weighted by molar-refractivity contribution is 5.94. The summed E-state index contributed by atoms with van der Waals surface area (Å²) < 4.78 is 13.0. The number of ether oxygens (including phenoxy) is 2. The molecule has 4 aliphatic rings. The number of ketones is 1. The van der Waals surface area contributed by atoms with Crippen molar-refractivity contribution in [3.05, 3.63) is 94.5 Å². The van der Waals surface area contributed by atoms with Gasteiger partial charge in [-0.25, -0.2) is 5.43 Å². The van der Waals surface area contributed by atoms with Crippen LogP contribution in [0.25, 0.3) is 0 Å². The van der Waals surface area contributed by atoms with Gasteiger partial charge in [-0.1, -0.05) is 96.7 Å². The third-order valence-electron chi connectivity index (χ3n) is 16.2. The number of aliphatic hydroxyl groups is 3. The van der Waals surface area contributed by atoms with Crippen molar-refractivity contribution in [2.45, 2.75) is 194 Å². The maximum Gasteiger partial charge on any atom is 0.325 e. The number of rotatable bonds is 16. The normalized spacial score (nSPS) is 32.4. The fourth-order valence-electron chi connectivity index (χ4n) is 10.9. The van der Waals surface area contributed by atoms with Crippen LogP contribution in [-0.2, 0) is 44.7 Å². The monoisotopic (exact) mass is 1070 g/mol. The number of H-pyrrole nitrogens is 1. The number of cyclic esters (lactones) is 1. The number of fused-ring (bicyclic) bond motifs is 2. The number of hydrazine groups is 1. The Labute approximate surface area is 455 Å². The van der Waals surface area contributed by atoms with Crippen LogP contribution < -0.4 is 26.9 Å². The van der Waals surface area contributed by atoms with Crippen molar-refractivity contribution in [3.63, 3.8) is 0 Å². The van der Waals surface area contributed by atoms with Crippen molar-refractivity contribution in [3.8, 4) is 0 Å². The molecule has 0 radical (unpaired) electrons. The van der Waals surface area contributed by atoms with Gasteiger partial charge in [0.1, 0.15) is 30.0 Å². The molecule has 2 bridgehead atoms. The van der Waals surface area contributed by atoms with E-state index in [-0.39, 0.29) is 85.2 Å². The van der Waals surface area contributed by atoms with Gasteiger partial charge in [0.2, 0.25) is 23.3 Å². The quantitative estimate of drug-likeness (QED) is 0.0769. The second kappa shape index (κ2) is 28.9. The van der Waals surface area contributed by atoms with Crippen LogP contribution in [0, 0.1) is 41.4 Å². The van der Waals surface area contributed by atoms with Crippen molar-refractivity contribution in [2.24, 2.45) is 41.4 Å². The number of hydrogen-bond donors (Lipinski definition) is 8. The smallest absolute Gasteiger partial charge is 0.325 e. The average molecular weight is 1070 g/mol. The molecular formula is C59H88N6O12. The van der Waals surface area contributed by atoms with E-state index in [1.165, 1.54) is 37.1 Å². The Kier molecular flexibility index (Phi) is 23.4. The number of amides is 4. The van der Waals surface area contributed by atoms with Crippen LogP contribution in [0.5, 0.6) is 0 Å². The summed E-state index contributed by atoms with van der Waals surface area (Å²) >= 11 is 0. The minimum atomic E-state index is -1.46. The molecule has 77 heavy (non-hydrogen) atoms. The minimum Gasteiger partial charge on any atom is -0.461 e. The Morgan fingerprint density at radius 2 is 1.74 bits per heavy atom. The van der Waals surface area contributed by atoms with Gasteiger partial charge in [-0.2, -0.15) is 0 Å². The summed E-state index contributed by atoms with van der Waals surface area (Å²) in [7, 11) is 0. The SMILES string of the molecule is C=C(C)C1NC(=O)C(CCC(C)=O)C(O)C(C)C(O)C=CC=CCC(C(C)CC=CCCC(C)C(O)CC2OC3(NC(=O)C(CC)CC3C)C(C)=CC2C)OC(=O)C2CCCN(N2)C(=O)C(Cc2cccc(=O)[nH]2)NC1=O. The molecule has 8 N–H and O–H groups in total. The predicted octanol–water partition coefficient (Wildman–Crippen LogP) is 5.34. The van der Waals surface area contributed by atoms with Crippen LogP contribution in [0.1, 0.15) is 139 Å². The van der Waals surface area contributed by atoms with Crippen molar-refractivity contribution in [1.82, 2.24) is 31.4 Å². The largest absolute Gasteiger partial charge is 0.461 e. The molecule has 1 aromatic rings. The second-order valence-electron chi connectivity index (χ2n) is 22.5. The fourth-order valence-corrected chi connectivity index (χ4v) is 10.9. The summed E-state index contributed by atoms with van der Waals surface area (Å²) in [5.74, 6) is -5.26. The number of aromatic nitrogens is 1. The number of pyridine rings is 1. The van der Waals surface area contributed by atoms with E-state index in [1.807, 2.05) is 39.8 Å². The van der Waals surface area contributed by atoms with E-state index in [1.54, 1.807) is 25.1 Å². The van der Waals surface area contributed by atoms with Crippen molar-refractivity contribution in [1.29, 1.82) is 0 Å². The number of piperidine rings is 1. The van der Waals surface area contributed by atoms with E-state index >= 15 is 0 Å². The van der Waals surface area contributed by atoms with Crippen LogP contribution in [0.4, 0.5) is 0 Å². The van der Waals surface area contributed by atoms with Gasteiger partial charge in [0, 0.05) is 67.7 Å². The van der Waals surface area contributed by atoms with E-state index in [4.69, 9.17) is 9.47 Å². The van der Waals surface area contributed by atoms with Gasteiger partial charge in [0.05, 0.1) is 30.3 Å². The van der Waals surface area contributed by atoms with Gasteiger partial charge < -0.3 is 50.5 Å². The average Bonchev–Trinajstić information content (AvgIpc) is 3.38. The Bertz CT molecular complexity index is 2420. The Balaban J connectivity index is 1.32. The molecule has 5 rings (SSSR count). The molecule has 2 saturated heterocycles.